The number of benzene rings is 1. The number of H-pyrrole nitrogens is 1. The van der Waals surface area contributed by atoms with Crippen molar-refractivity contribution < 1.29 is 9.90 Å². The Labute approximate surface area is 108 Å². The first-order valence-electron chi connectivity index (χ1n) is 5.40. The molecule has 1 aromatic carbocycles. The van der Waals surface area contributed by atoms with Gasteiger partial charge in [-0.15, -0.1) is 6.42 Å². The maximum atomic E-state index is 11.9. The second-order valence-corrected chi connectivity index (χ2v) is 3.80. The van der Waals surface area contributed by atoms with Gasteiger partial charge in [-0.25, -0.2) is 0 Å². The van der Waals surface area contributed by atoms with Gasteiger partial charge in [0.25, 0.3) is 11.5 Å². The molecule has 1 amide bonds. The van der Waals surface area contributed by atoms with Crippen molar-refractivity contribution in [2.24, 2.45) is 0 Å². The summed E-state index contributed by atoms with van der Waals surface area (Å²) < 4.78 is 0. The van der Waals surface area contributed by atoms with Gasteiger partial charge in [-0.05, 0) is 18.2 Å². The summed E-state index contributed by atoms with van der Waals surface area (Å²) in [6.45, 7) is 0. The monoisotopic (exact) mass is 254 g/mol. The molecule has 0 aliphatic heterocycles. The molecule has 19 heavy (non-hydrogen) atoms. The van der Waals surface area contributed by atoms with Crippen molar-refractivity contribution in [3.05, 3.63) is 57.9 Å². The van der Waals surface area contributed by atoms with Gasteiger partial charge in [0, 0.05) is 23.4 Å². The van der Waals surface area contributed by atoms with E-state index in [1.165, 1.54) is 6.07 Å². The topological polar surface area (TPSA) is 82.2 Å². The minimum absolute atomic E-state index is 0.0624. The van der Waals surface area contributed by atoms with Crippen molar-refractivity contribution in [3.63, 3.8) is 0 Å². The molecular weight excluding hydrogens is 244 g/mol. The summed E-state index contributed by atoms with van der Waals surface area (Å²) in [5, 5.41) is 11.8. The molecule has 3 N–H and O–H groups in total. The van der Waals surface area contributed by atoms with E-state index in [9.17, 15) is 14.7 Å². The molecule has 0 radical (unpaired) electrons. The van der Waals surface area contributed by atoms with E-state index in [-0.39, 0.29) is 11.4 Å². The van der Waals surface area contributed by atoms with Gasteiger partial charge in [0.2, 0.25) is 0 Å². The van der Waals surface area contributed by atoms with Crippen LogP contribution in [0.25, 0.3) is 0 Å². The van der Waals surface area contributed by atoms with Crippen LogP contribution in [0.2, 0.25) is 0 Å². The molecule has 0 fully saturated rings. The largest absolute Gasteiger partial charge is 0.494 e. The van der Waals surface area contributed by atoms with Crippen LogP contribution < -0.4 is 10.9 Å². The third-order valence-corrected chi connectivity index (χ3v) is 2.38. The van der Waals surface area contributed by atoms with E-state index >= 15 is 0 Å². The van der Waals surface area contributed by atoms with Crippen LogP contribution in [0, 0.1) is 12.3 Å². The molecule has 1 heterocycles. The number of aromatic nitrogens is 1. The van der Waals surface area contributed by atoms with Gasteiger partial charge in [0.05, 0.1) is 5.56 Å². The number of hydrogen-bond acceptors (Lipinski definition) is 3. The van der Waals surface area contributed by atoms with Crippen molar-refractivity contribution >= 4 is 11.6 Å². The molecule has 5 heteroatoms. The van der Waals surface area contributed by atoms with Crippen molar-refractivity contribution in [2.45, 2.75) is 0 Å². The molecule has 0 aliphatic rings. The van der Waals surface area contributed by atoms with Gasteiger partial charge < -0.3 is 10.4 Å². The van der Waals surface area contributed by atoms with Crippen molar-refractivity contribution in [1.82, 2.24) is 4.98 Å². The average molecular weight is 254 g/mol. The molecule has 0 aliphatic carbocycles. The standard InChI is InChI=1S/C14H10N2O3/c1-2-9-4-3-5-11(6-9)15-14(19)10-7-12(17)16-13(18)8-10/h1,3-8H,(H,15,19)(H2,16,17,18). The lowest BCUT2D eigenvalue weighted by molar-refractivity contribution is 0.102. The summed E-state index contributed by atoms with van der Waals surface area (Å²) in [7, 11) is 0. The molecule has 1 aromatic heterocycles. The molecule has 2 aromatic rings. The number of rotatable bonds is 2. The third-order valence-electron chi connectivity index (χ3n) is 2.38. The highest BCUT2D eigenvalue weighted by molar-refractivity contribution is 6.04. The Balaban J connectivity index is 2.25. The van der Waals surface area contributed by atoms with Gasteiger partial charge in [0.15, 0.2) is 5.88 Å². The van der Waals surface area contributed by atoms with E-state index < -0.39 is 11.5 Å². The lowest BCUT2D eigenvalue weighted by Gasteiger charge is -2.05. The van der Waals surface area contributed by atoms with Gasteiger partial charge in [-0.3, -0.25) is 14.6 Å². The number of carbonyl (C=O) groups is 1. The maximum absolute atomic E-state index is 11.9. The number of aromatic amines is 1. The zero-order valence-electron chi connectivity index (χ0n) is 9.81. The SMILES string of the molecule is C#Cc1cccc(NC(=O)c2cc(O)[nH]c(=O)c2)c1. The van der Waals surface area contributed by atoms with Crippen molar-refractivity contribution in [3.8, 4) is 18.2 Å². The normalized spacial score (nSPS) is 9.63. The highest BCUT2D eigenvalue weighted by Gasteiger charge is 2.08. The molecular formula is C14H10N2O3. The summed E-state index contributed by atoms with van der Waals surface area (Å²) in [5.74, 6) is 1.58. The fraction of sp³-hybridized carbons (Fsp3) is 0. The Morgan fingerprint density at radius 1 is 1.32 bits per heavy atom. The first-order valence-corrected chi connectivity index (χ1v) is 5.40. The zero-order chi connectivity index (χ0) is 13.8. The lowest BCUT2D eigenvalue weighted by Crippen LogP contribution is -2.15. The van der Waals surface area contributed by atoms with E-state index in [2.05, 4.69) is 16.2 Å². The van der Waals surface area contributed by atoms with E-state index in [1.807, 2.05) is 0 Å². The van der Waals surface area contributed by atoms with Crippen LogP contribution in [0.4, 0.5) is 5.69 Å². The van der Waals surface area contributed by atoms with Crippen LogP contribution in [0.5, 0.6) is 5.88 Å². The molecule has 0 bridgehead atoms. The molecule has 5 nitrogen and oxygen atoms in total. The fourth-order valence-electron chi connectivity index (χ4n) is 1.55. The van der Waals surface area contributed by atoms with Crippen LogP contribution in [0.1, 0.15) is 15.9 Å². The number of pyridine rings is 1. The number of aromatic hydroxyl groups is 1. The number of amides is 1. The summed E-state index contributed by atoms with van der Waals surface area (Å²) in [4.78, 5) is 25.2. The Kier molecular flexibility index (Phi) is 3.35. The Bertz CT molecular complexity index is 726. The van der Waals surface area contributed by atoms with Gasteiger partial charge >= 0.3 is 0 Å². The van der Waals surface area contributed by atoms with Gasteiger partial charge in [-0.1, -0.05) is 12.0 Å². The van der Waals surface area contributed by atoms with Crippen LogP contribution in [-0.4, -0.2) is 16.0 Å². The maximum Gasteiger partial charge on any atom is 0.256 e. The number of terminal acetylenes is 1. The highest BCUT2D eigenvalue weighted by Crippen LogP contribution is 2.12. The summed E-state index contributed by atoms with van der Waals surface area (Å²) in [6, 6.07) is 9.01. The predicted molar refractivity (Wildman–Crippen MR) is 71.1 cm³/mol. The molecule has 0 saturated carbocycles. The van der Waals surface area contributed by atoms with Crippen LogP contribution in [0.15, 0.2) is 41.2 Å². The van der Waals surface area contributed by atoms with Gasteiger partial charge in [-0.2, -0.15) is 0 Å². The zero-order valence-corrected chi connectivity index (χ0v) is 9.81. The van der Waals surface area contributed by atoms with Crippen LogP contribution in [-0.2, 0) is 0 Å². The third kappa shape index (κ3) is 3.01. The predicted octanol–water partition coefficient (Wildman–Crippen LogP) is 1.31. The molecule has 0 saturated heterocycles. The lowest BCUT2D eigenvalue weighted by atomic mass is 10.2. The molecule has 94 valence electrons. The number of nitrogens with one attached hydrogen (secondary N) is 2. The second kappa shape index (κ2) is 5.10. The van der Waals surface area contributed by atoms with Crippen LogP contribution >= 0.6 is 0 Å². The van der Waals surface area contributed by atoms with Crippen LogP contribution in [0.3, 0.4) is 0 Å². The Hall–Kier alpha value is -3.00. The van der Waals surface area contributed by atoms with E-state index in [4.69, 9.17) is 6.42 Å². The van der Waals surface area contributed by atoms with E-state index in [1.54, 1.807) is 24.3 Å². The molecule has 0 unspecified atom stereocenters. The van der Waals surface area contributed by atoms with Crippen molar-refractivity contribution in [1.29, 1.82) is 0 Å². The second-order valence-electron chi connectivity index (χ2n) is 3.80. The van der Waals surface area contributed by atoms with E-state index in [0.29, 0.717) is 11.3 Å². The van der Waals surface area contributed by atoms with E-state index in [0.717, 1.165) is 6.07 Å². The first-order chi connectivity index (χ1) is 9.08. The highest BCUT2D eigenvalue weighted by atomic mass is 16.3. The quantitative estimate of drug-likeness (QED) is 0.707. The molecule has 0 atom stereocenters. The molecule has 0 spiro atoms. The average Bonchev–Trinajstić information content (AvgIpc) is 2.37. The van der Waals surface area contributed by atoms with Crippen molar-refractivity contribution in [2.75, 3.05) is 5.32 Å². The smallest absolute Gasteiger partial charge is 0.256 e. The number of carbonyl (C=O) groups excluding carboxylic acids is 1. The fourth-order valence-corrected chi connectivity index (χ4v) is 1.55. The minimum Gasteiger partial charge on any atom is -0.494 e. The molecule has 2 rings (SSSR count). The number of hydrogen-bond donors (Lipinski definition) is 3. The first kappa shape index (κ1) is 12.5. The minimum atomic E-state index is -0.553. The Morgan fingerprint density at radius 2 is 2.11 bits per heavy atom. The Morgan fingerprint density at radius 3 is 2.79 bits per heavy atom. The summed E-state index contributed by atoms with van der Waals surface area (Å²) in [6.07, 6.45) is 5.26. The summed E-state index contributed by atoms with van der Waals surface area (Å²) >= 11 is 0. The van der Waals surface area contributed by atoms with Gasteiger partial charge in [0.1, 0.15) is 0 Å². The summed E-state index contributed by atoms with van der Waals surface area (Å²) in [5.41, 5.74) is 0.654. The number of anilines is 1.